The minimum atomic E-state index is 0.449. The van der Waals surface area contributed by atoms with Gasteiger partial charge in [-0.05, 0) is 146 Å². The van der Waals surface area contributed by atoms with E-state index < -0.39 is 0 Å². The molecule has 0 aliphatic rings. The second kappa shape index (κ2) is 20.5. The molecular formula is C85H52N4O. The van der Waals surface area contributed by atoms with Crippen LogP contribution in [0.15, 0.2) is 320 Å². The van der Waals surface area contributed by atoms with Crippen LogP contribution in [0, 0.1) is 6.57 Å². The molecule has 0 saturated heterocycles. The minimum Gasteiger partial charge on any atom is -0.455 e. The van der Waals surface area contributed by atoms with E-state index in [2.05, 4.69) is 329 Å². The molecule has 5 nitrogen and oxygen atoms in total. The summed E-state index contributed by atoms with van der Waals surface area (Å²) in [6, 6.07) is 113. The van der Waals surface area contributed by atoms with E-state index in [9.17, 15) is 6.57 Å². The second-order valence-corrected chi connectivity index (χ2v) is 23.4. The van der Waals surface area contributed by atoms with Crippen LogP contribution in [-0.4, -0.2) is 13.7 Å². The van der Waals surface area contributed by atoms with Gasteiger partial charge in [-0.2, -0.15) is 0 Å². The molecule has 0 unspecified atom stereocenters. The number of para-hydroxylation sites is 1. The lowest BCUT2D eigenvalue weighted by atomic mass is 10.0. The van der Waals surface area contributed by atoms with Crippen molar-refractivity contribution in [2.24, 2.45) is 0 Å². The predicted molar refractivity (Wildman–Crippen MR) is 376 cm³/mol. The van der Waals surface area contributed by atoms with E-state index in [4.69, 9.17) is 9.26 Å². The Labute approximate surface area is 518 Å². The van der Waals surface area contributed by atoms with Crippen LogP contribution in [0.5, 0.6) is 0 Å². The van der Waals surface area contributed by atoms with Gasteiger partial charge in [-0.1, -0.05) is 237 Å². The maximum absolute atomic E-state index is 10.1. The molecule has 90 heavy (non-hydrogen) atoms. The third kappa shape index (κ3) is 7.95. The van der Waals surface area contributed by atoms with Gasteiger partial charge in [0.2, 0.25) is 5.69 Å². The molecule has 0 amide bonds. The van der Waals surface area contributed by atoms with Gasteiger partial charge in [0.15, 0.2) is 5.58 Å². The quantitative estimate of drug-likeness (QED) is 0.133. The molecule has 0 spiro atoms. The number of hydrogen-bond acceptors (Lipinski definition) is 1. The van der Waals surface area contributed by atoms with Crippen molar-refractivity contribution in [1.29, 1.82) is 0 Å². The zero-order valence-corrected chi connectivity index (χ0v) is 48.7. The molecule has 0 fully saturated rings. The van der Waals surface area contributed by atoms with Crippen LogP contribution in [0.2, 0.25) is 0 Å². The molecule has 0 atom stereocenters. The standard InChI is InChI=1S/C85H52N4O/c1-86-81-83(88-75-44-38-62(56-26-12-4-13-27-56)50-69(75)70-51-63(39-45-76(70)88)57-28-14-5-15-29-57)82(87-73-42-36-60(54-22-8-2-9-23-54)48-67(73)68-49-61(37-43-74(68)87)55-24-10-3-11-25-55)80-66-34-20-21-35-79(66)90-85(80)84(81)89-77-46-40-64(58-30-16-6-17-31-58)52-71(77)72-53-65(41-47-78(72)89)59-32-18-7-19-33-59/h2-53H. The first-order valence-electron chi connectivity index (χ1n) is 30.6. The summed E-state index contributed by atoms with van der Waals surface area (Å²) < 4.78 is 14.7. The third-order valence-electron chi connectivity index (χ3n) is 18.4. The molecule has 18 aromatic rings. The summed E-state index contributed by atoms with van der Waals surface area (Å²) in [5, 5.41) is 8.32. The number of rotatable bonds is 9. The monoisotopic (exact) mass is 1140 g/mol. The number of aromatic nitrogens is 3. The first-order valence-corrected chi connectivity index (χ1v) is 30.6. The van der Waals surface area contributed by atoms with Crippen molar-refractivity contribution >= 4 is 93.0 Å². The molecule has 4 aromatic heterocycles. The lowest BCUT2D eigenvalue weighted by Gasteiger charge is -2.23. The SMILES string of the molecule is [C-]#[N+]c1c(-n2c3ccc(-c4ccccc4)cc3c3cc(-c4ccccc4)ccc32)c(-n2c3ccc(-c4ccccc4)cc3c3cc(-c4ccccc4)ccc32)c2c(oc3ccccc32)c1-n1c2ccc(-c3ccccc3)cc2c2cc(-c3ccccc3)ccc21. The number of nitrogens with zero attached hydrogens (tertiary/aromatic N) is 4. The Morgan fingerprint density at radius 3 is 0.778 bits per heavy atom. The van der Waals surface area contributed by atoms with Gasteiger partial charge in [-0.25, -0.2) is 4.85 Å². The van der Waals surface area contributed by atoms with Gasteiger partial charge in [0, 0.05) is 37.7 Å². The molecule has 18 rings (SSSR count). The Morgan fingerprint density at radius 1 is 0.233 bits per heavy atom. The fourth-order valence-corrected chi connectivity index (χ4v) is 14.3. The summed E-state index contributed by atoms with van der Waals surface area (Å²) in [6.07, 6.45) is 0. The highest BCUT2D eigenvalue weighted by Crippen LogP contribution is 2.54. The van der Waals surface area contributed by atoms with Crippen molar-refractivity contribution in [1.82, 2.24) is 13.7 Å². The van der Waals surface area contributed by atoms with Crippen molar-refractivity contribution in [3.63, 3.8) is 0 Å². The minimum absolute atomic E-state index is 0.449. The van der Waals surface area contributed by atoms with E-state index in [1.165, 1.54) is 0 Å². The molecule has 0 aliphatic heterocycles. The molecule has 5 heteroatoms. The number of furan rings is 1. The molecule has 0 radical (unpaired) electrons. The van der Waals surface area contributed by atoms with E-state index in [-0.39, 0.29) is 0 Å². The maximum atomic E-state index is 10.1. The zero-order chi connectivity index (χ0) is 59.4. The fraction of sp³-hybridized carbons (Fsp3) is 0. The molecule has 0 bridgehead atoms. The van der Waals surface area contributed by atoms with E-state index in [0.717, 1.165) is 160 Å². The van der Waals surface area contributed by atoms with Crippen LogP contribution >= 0.6 is 0 Å². The van der Waals surface area contributed by atoms with Crippen LogP contribution in [-0.2, 0) is 0 Å². The van der Waals surface area contributed by atoms with Crippen LogP contribution in [0.3, 0.4) is 0 Å². The van der Waals surface area contributed by atoms with Crippen LogP contribution < -0.4 is 0 Å². The van der Waals surface area contributed by atoms with Crippen molar-refractivity contribution in [2.45, 2.75) is 0 Å². The first-order chi connectivity index (χ1) is 44.6. The smallest absolute Gasteiger partial charge is 0.239 e. The third-order valence-corrected chi connectivity index (χ3v) is 18.4. The summed E-state index contributed by atoms with van der Waals surface area (Å²) in [7, 11) is 0. The largest absolute Gasteiger partial charge is 0.455 e. The van der Waals surface area contributed by atoms with Crippen molar-refractivity contribution in [3.8, 4) is 83.8 Å². The van der Waals surface area contributed by atoms with Crippen molar-refractivity contribution in [2.75, 3.05) is 0 Å². The summed E-state index contributed by atoms with van der Waals surface area (Å²) in [5.41, 5.74) is 23.4. The Kier molecular flexibility index (Phi) is 11.6. The molecule has 14 aromatic carbocycles. The average Bonchev–Trinajstić information content (AvgIpc) is 1.51. The van der Waals surface area contributed by atoms with E-state index >= 15 is 0 Å². The normalized spacial score (nSPS) is 11.8. The van der Waals surface area contributed by atoms with Gasteiger partial charge < -0.3 is 18.1 Å². The highest BCUT2D eigenvalue weighted by molar-refractivity contribution is 6.24. The number of benzene rings is 14. The Hall–Kier alpha value is -12.2. The molecule has 4 heterocycles. The van der Waals surface area contributed by atoms with E-state index in [1.807, 2.05) is 0 Å². The summed E-state index contributed by atoms with van der Waals surface area (Å²) >= 11 is 0. The maximum Gasteiger partial charge on any atom is 0.239 e. The zero-order valence-electron chi connectivity index (χ0n) is 48.7. The summed E-state index contributed by atoms with van der Waals surface area (Å²) in [4.78, 5) is 4.96. The molecule has 418 valence electrons. The van der Waals surface area contributed by atoms with Crippen molar-refractivity contribution in [3.05, 3.63) is 327 Å². The van der Waals surface area contributed by atoms with Gasteiger partial charge in [0.05, 0.1) is 62.1 Å². The van der Waals surface area contributed by atoms with Gasteiger partial charge in [0.1, 0.15) is 5.58 Å². The van der Waals surface area contributed by atoms with Crippen molar-refractivity contribution < 1.29 is 4.42 Å². The predicted octanol–water partition coefficient (Wildman–Crippen LogP) is 23.4. The van der Waals surface area contributed by atoms with Gasteiger partial charge in [-0.15, -0.1) is 0 Å². The Balaban J connectivity index is 1.05. The fourth-order valence-electron chi connectivity index (χ4n) is 14.3. The first kappa shape index (κ1) is 51.0. The Bertz CT molecular complexity index is 5640. The van der Waals surface area contributed by atoms with Crippen LogP contribution in [0.1, 0.15) is 0 Å². The van der Waals surface area contributed by atoms with Gasteiger partial charge in [0.25, 0.3) is 0 Å². The molecular weight excluding hydrogens is 1090 g/mol. The molecule has 0 saturated carbocycles. The summed E-state index contributed by atoms with van der Waals surface area (Å²) in [6.45, 7) is 10.1. The van der Waals surface area contributed by atoms with E-state index in [0.29, 0.717) is 17.0 Å². The van der Waals surface area contributed by atoms with Gasteiger partial charge >= 0.3 is 0 Å². The van der Waals surface area contributed by atoms with Crippen LogP contribution in [0.25, 0.3) is 176 Å². The summed E-state index contributed by atoms with van der Waals surface area (Å²) in [5.74, 6) is 0. The van der Waals surface area contributed by atoms with Gasteiger partial charge in [-0.3, -0.25) is 0 Å². The highest BCUT2D eigenvalue weighted by Gasteiger charge is 2.33. The lowest BCUT2D eigenvalue weighted by molar-refractivity contribution is 0.666. The average molecular weight is 1150 g/mol. The second-order valence-electron chi connectivity index (χ2n) is 23.4. The van der Waals surface area contributed by atoms with Crippen LogP contribution in [0.4, 0.5) is 5.69 Å². The number of hydrogen-bond donors (Lipinski definition) is 0. The Morgan fingerprint density at radius 2 is 0.489 bits per heavy atom. The topological polar surface area (TPSA) is 32.3 Å². The number of fused-ring (bicyclic) bond motifs is 12. The molecule has 0 aliphatic carbocycles. The van der Waals surface area contributed by atoms with E-state index in [1.54, 1.807) is 0 Å². The molecule has 0 N–H and O–H groups in total. The highest BCUT2D eigenvalue weighted by atomic mass is 16.3. The lowest BCUT2D eigenvalue weighted by Crippen LogP contribution is -2.08.